The Kier molecular flexibility index (Phi) is 5.60. The molecule has 1 aliphatic heterocycles. The van der Waals surface area contributed by atoms with Crippen molar-refractivity contribution in [3.8, 4) is 0 Å². The van der Waals surface area contributed by atoms with Crippen molar-refractivity contribution in [2.45, 2.75) is 39.0 Å². The number of nitrogens with one attached hydrogen (secondary N) is 1. The van der Waals surface area contributed by atoms with Crippen molar-refractivity contribution in [1.82, 2.24) is 15.2 Å². The molecule has 0 aliphatic carbocycles. The average molecular weight is 267 g/mol. The third-order valence-corrected chi connectivity index (χ3v) is 4.41. The monoisotopic (exact) mass is 267 g/mol. The fourth-order valence-electron chi connectivity index (χ4n) is 2.25. The van der Waals surface area contributed by atoms with Crippen LogP contribution < -0.4 is 5.32 Å². The smallest absolute Gasteiger partial charge is 0.0928 e. The van der Waals surface area contributed by atoms with Gasteiger partial charge in [-0.3, -0.25) is 0 Å². The van der Waals surface area contributed by atoms with E-state index in [4.69, 9.17) is 0 Å². The Morgan fingerprint density at radius 3 is 2.78 bits per heavy atom. The first-order valence-electron chi connectivity index (χ1n) is 7.13. The molecular formula is C14H25N3S. The molecule has 2 heterocycles. The Morgan fingerprint density at radius 1 is 1.33 bits per heavy atom. The fourth-order valence-corrected chi connectivity index (χ4v) is 3.25. The van der Waals surface area contributed by atoms with E-state index in [1.165, 1.54) is 43.2 Å². The highest BCUT2D eigenvalue weighted by Crippen LogP contribution is 2.19. The van der Waals surface area contributed by atoms with Gasteiger partial charge in [-0.15, -0.1) is 11.3 Å². The maximum atomic E-state index is 4.69. The van der Waals surface area contributed by atoms with Crippen molar-refractivity contribution in [3.63, 3.8) is 0 Å². The lowest BCUT2D eigenvalue weighted by Crippen LogP contribution is -2.43. The van der Waals surface area contributed by atoms with Crippen LogP contribution in [0.2, 0.25) is 0 Å². The summed E-state index contributed by atoms with van der Waals surface area (Å²) in [5.41, 5.74) is 1.26. The molecule has 4 heteroatoms. The lowest BCUT2D eigenvalue weighted by atomic mass is 10.2. The Labute approximate surface area is 115 Å². The number of rotatable bonds is 6. The van der Waals surface area contributed by atoms with Crippen LogP contribution in [0.5, 0.6) is 0 Å². The van der Waals surface area contributed by atoms with E-state index in [1.54, 1.807) is 0 Å². The molecule has 1 fully saturated rings. The number of hydrogen-bond acceptors (Lipinski definition) is 4. The third-order valence-electron chi connectivity index (χ3n) is 3.49. The Morgan fingerprint density at radius 2 is 2.11 bits per heavy atom. The van der Waals surface area contributed by atoms with E-state index < -0.39 is 0 Å². The number of aryl methyl sites for hydroxylation is 1. The van der Waals surface area contributed by atoms with E-state index in [9.17, 15) is 0 Å². The summed E-state index contributed by atoms with van der Waals surface area (Å²) >= 11 is 1.83. The largest absolute Gasteiger partial charge is 0.314 e. The van der Waals surface area contributed by atoms with Crippen LogP contribution in [0, 0.1) is 0 Å². The molecule has 0 radical (unpaired) electrons. The van der Waals surface area contributed by atoms with Crippen molar-refractivity contribution in [1.29, 1.82) is 0 Å². The lowest BCUT2D eigenvalue weighted by Gasteiger charge is -2.26. The maximum Gasteiger partial charge on any atom is 0.0928 e. The molecule has 0 atom stereocenters. The summed E-state index contributed by atoms with van der Waals surface area (Å²) in [5, 5.41) is 6.93. The molecule has 1 N–H and O–H groups in total. The first kappa shape index (κ1) is 14.0. The van der Waals surface area contributed by atoms with Gasteiger partial charge in [0.25, 0.3) is 0 Å². The van der Waals surface area contributed by atoms with Crippen LogP contribution >= 0.6 is 11.3 Å². The highest BCUT2D eigenvalue weighted by molar-refractivity contribution is 7.09. The van der Waals surface area contributed by atoms with Crippen LogP contribution in [0.4, 0.5) is 0 Å². The van der Waals surface area contributed by atoms with Gasteiger partial charge in [-0.25, -0.2) is 4.98 Å². The molecule has 1 aromatic heterocycles. The zero-order valence-electron chi connectivity index (χ0n) is 11.6. The van der Waals surface area contributed by atoms with Gasteiger partial charge in [0, 0.05) is 31.6 Å². The molecule has 102 valence electrons. The van der Waals surface area contributed by atoms with Crippen molar-refractivity contribution in [2.75, 3.05) is 32.7 Å². The van der Waals surface area contributed by atoms with E-state index in [0.717, 1.165) is 19.5 Å². The van der Waals surface area contributed by atoms with Crippen molar-refractivity contribution < 1.29 is 0 Å². The van der Waals surface area contributed by atoms with Gasteiger partial charge in [0.15, 0.2) is 0 Å². The summed E-state index contributed by atoms with van der Waals surface area (Å²) in [7, 11) is 0. The second kappa shape index (κ2) is 7.22. The number of thiazole rings is 1. The minimum Gasteiger partial charge on any atom is -0.314 e. The quantitative estimate of drug-likeness (QED) is 0.803. The molecule has 0 spiro atoms. The highest BCUT2D eigenvalue weighted by atomic mass is 32.1. The molecular weight excluding hydrogens is 242 g/mol. The molecule has 0 unspecified atom stereocenters. The fraction of sp³-hybridized carbons (Fsp3) is 0.786. The molecule has 1 aromatic rings. The van der Waals surface area contributed by atoms with Gasteiger partial charge in [-0.05, 0) is 31.7 Å². The number of aromatic nitrogens is 1. The molecule has 0 saturated carbocycles. The van der Waals surface area contributed by atoms with Gasteiger partial charge < -0.3 is 10.2 Å². The first-order valence-corrected chi connectivity index (χ1v) is 8.01. The zero-order valence-corrected chi connectivity index (χ0v) is 12.4. The van der Waals surface area contributed by atoms with Crippen LogP contribution in [0.1, 0.15) is 43.3 Å². The Hall–Kier alpha value is -0.450. The highest BCUT2D eigenvalue weighted by Gasteiger charge is 2.09. The van der Waals surface area contributed by atoms with E-state index in [0.29, 0.717) is 5.92 Å². The Balaban J connectivity index is 1.62. The van der Waals surface area contributed by atoms with E-state index in [1.807, 2.05) is 11.3 Å². The summed E-state index contributed by atoms with van der Waals surface area (Å²) in [6.07, 6.45) is 3.73. The molecule has 18 heavy (non-hydrogen) atoms. The van der Waals surface area contributed by atoms with Gasteiger partial charge >= 0.3 is 0 Å². The normalized spacial score (nSPS) is 17.5. The predicted molar refractivity (Wildman–Crippen MR) is 78.5 cm³/mol. The van der Waals surface area contributed by atoms with Crippen molar-refractivity contribution in [3.05, 3.63) is 16.1 Å². The number of hydrogen-bond donors (Lipinski definition) is 1. The predicted octanol–water partition coefficient (Wildman–Crippen LogP) is 2.49. The van der Waals surface area contributed by atoms with Crippen molar-refractivity contribution >= 4 is 11.3 Å². The maximum absolute atomic E-state index is 4.69. The molecule has 1 saturated heterocycles. The minimum absolute atomic E-state index is 0.566. The summed E-state index contributed by atoms with van der Waals surface area (Å²) in [5.74, 6) is 0.566. The number of unbranched alkanes of at least 4 members (excludes halogenated alkanes) is 1. The SMILES string of the molecule is CC(C)c1csc(CCCCN2CCNCC2)n1. The number of piperazine rings is 1. The molecule has 1 aliphatic rings. The topological polar surface area (TPSA) is 28.2 Å². The first-order chi connectivity index (χ1) is 8.75. The van der Waals surface area contributed by atoms with Gasteiger partial charge in [-0.1, -0.05) is 13.8 Å². The molecule has 0 amide bonds. The van der Waals surface area contributed by atoms with Crippen LogP contribution in [0.25, 0.3) is 0 Å². The van der Waals surface area contributed by atoms with Gasteiger partial charge in [0.05, 0.1) is 10.7 Å². The van der Waals surface area contributed by atoms with Gasteiger partial charge in [-0.2, -0.15) is 0 Å². The van der Waals surface area contributed by atoms with E-state index >= 15 is 0 Å². The average Bonchev–Trinajstić information content (AvgIpc) is 2.85. The van der Waals surface area contributed by atoms with Crippen LogP contribution in [-0.2, 0) is 6.42 Å². The van der Waals surface area contributed by atoms with Gasteiger partial charge in [0.2, 0.25) is 0 Å². The summed E-state index contributed by atoms with van der Waals surface area (Å²) in [6, 6.07) is 0. The van der Waals surface area contributed by atoms with Gasteiger partial charge in [0.1, 0.15) is 0 Å². The molecule has 3 nitrogen and oxygen atoms in total. The molecule has 2 rings (SSSR count). The second-order valence-corrected chi connectivity index (χ2v) is 6.31. The third kappa shape index (κ3) is 4.34. The minimum atomic E-state index is 0.566. The molecule has 0 bridgehead atoms. The lowest BCUT2D eigenvalue weighted by molar-refractivity contribution is 0.237. The standard InChI is InChI=1S/C14H25N3S/c1-12(2)13-11-18-14(16-13)5-3-4-8-17-9-6-15-7-10-17/h11-12,15H,3-10H2,1-2H3. The molecule has 0 aromatic carbocycles. The summed E-state index contributed by atoms with van der Waals surface area (Å²) in [4.78, 5) is 7.26. The Bertz CT molecular complexity index is 343. The number of nitrogens with zero attached hydrogens (tertiary/aromatic N) is 2. The van der Waals surface area contributed by atoms with Crippen molar-refractivity contribution in [2.24, 2.45) is 0 Å². The van der Waals surface area contributed by atoms with E-state index in [-0.39, 0.29) is 0 Å². The summed E-state index contributed by atoms with van der Waals surface area (Å²) in [6.45, 7) is 10.4. The second-order valence-electron chi connectivity index (χ2n) is 5.37. The zero-order chi connectivity index (χ0) is 12.8. The van der Waals surface area contributed by atoms with Crippen LogP contribution in [0.3, 0.4) is 0 Å². The summed E-state index contributed by atoms with van der Waals surface area (Å²) < 4.78 is 0. The van der Waals surface area contributed by atoms with Crippen LogP contribution in [-0.4, -0.2) is 42.6 Å². The van der Waals surface area contributed by atoms with E-state index in [2.05, 4.69) is 34.4 Å². The van der Waals surface area contributed by atoms with Crippen LogP contribution in [0.15, 0.2) is 5.38 Å².